The number of aryl methyl sites for hydroxylation is 1. The first-order valence-electron chi connectivity index (χ1n) is 26.8. The molecule has 2 nitrogen and oxygen atoms in total. The molecule has 8 saturated carbocycles. The Morgan fingerprint density at radius 3 is 1.94 bits per heavy atom. The Morgan fingerprint density at radius 2 is 1.22 bits per heavy atom. The van der Waals surface area contributed by atoms with Gasteiger partial charge in [-0.2, -0.15) is 0 Å². The van der Waals surface area contributed by atoms with Crippen LogP contribution in [0.1, 0.15) is 104 Å². The van der Waals surface area contributed by atoms with Crippen LogP contribution in [-0.2, 0) is 17.3 Å². The molecule has 2 aliphatic heterocycles. The molecule has 8 aromatic rings. The van der Waals surface area contributed by atoms with E-state index in [0.717, 1.165) is 53.1 Å². The van der Waals surface area contributed by atoms with Crippen LogP contribution < -0.4 is 15.7 Å². The molecule has 68 heavy (non-hydrogen) atoms. The first kappa shape index (κ1) is 36.2. The number of fused-ring (bicyclic) bond motifs is 11. The summed E-state index contributed by atoms with van der Waals surface area (Å²) in [5.41, 5.74) is 27.6. The fourth-order valence-corrected chi connectivity index (χ4v) is 20.7. The maximum Gasteiger partial charge on any atom is 0.329 e. The van der Waals surface area contributed by atoms with E-state index in [1.54, 1.807) is 44.4 Å². The van der Waals surface area contributed by atoms with Gasteiger partial charge in [-0.05, 0) is 226 Å². The summed E-state index contributed by atoms with van der Waals surface area (Å²) in [6.45, 7) is 2.40. The van der Waals surface area contributed by atoms with Crippen LogP contribution in [-0.4, -0.2) is 6.85 Å². The smallest absolute Gasteiger partial charge is 0.329 e. The summed E-state index contributed by atoms with van der Waals surface area (Å²) >= 11 is 0. The van der Waals surface area contributed by atoms with E-state index in [1.165, 1.54) is 120 Å². The molecule has 5 atom stereocenters. The van der Waals surface area contributed by atoms with E-state index in [0.29, 0.717) is 27.6 Å². The fraction of sp³-hybridized carbons (Fsp3) is 0.354. The average molecular weight is 876 g/mol. The van der Waals surface area contributed by atoms with Crippen molar-refractivity contribution in [3.8, 4) is 33.4 Å². The van der Waals surface area contributed by atoms with Crippen LogP contribution in [0.25, 0.3) is 55.3 Å². The molecule has 5 unspecified atom stereocenters. The van der Waals surface area contributed by atoms with E-state index >= 15 is 0 Å². The molecular weight excluding hydrogens is 822 g/mol. The Bertz CT molecular complexity index is 3640. The van der Waals surface area contributed by atoms with Gasteiger partial charge in [-0.1, -0.05) is 109 Å². The number of hydrogen-bond donors (Lipinski definition) is 0. The zero-order valence-corrected chi connectivity index (χ0v) is 39.0. The van der Waals surface area contributed by atoms with Gasteiger partial charge in [0, 0.05) is 39.7 Å². The van der Waals surface area contributed by atoms with Crippen LogP contribution in [0.15, 0.2) is 138 Å². The van der Waals surface area contributed by atoms with E-state index in [-0.39, 0.29) is 6.85 Å². The van der Waals surface area contributed by atoms with Crippen molar-refractivity contribution in [1.29, 1.82) is 0 Å². The predicted molar refractivity (Wildman–Crippen MR) is 276 cm³/mol. The Balaban J connectivity index is 0.881. The molecule has 0 saturated heterocycles. The van der Waals surface area contributed by atoms with E-state index < -0.39 is 0 Å². The zero-order valence-electron chi connectivity index (χ0n) is 39.0. The van der Waals surface area contributed by atoms with Crippen molar-refractivity contribution in [3.05, 3.63) is 167 Å². The monoisotopic (exact) mass is 875 g/mol. The third-order valence-corrected chi connectivity index (χ3v) is 23.1. The zero-order chi connectivity index (χ0) is 43.8. The lowest BCUT2D eigenvalue weighted by Gasteiger charge is -2.66. The number of benzene rings is 7. The molecule has 328 valence electrons. The van der Waals surface area contributed by atoms with Crippen molar-refractivity contribution in [2.24, 2.45) is 46.3 Å². The molecule has 1 aromatic heterocycles. The number of furan rings is 1. The lowest BCUT2D eigenvalue weighted by atomic mass is 9.38. The Labute approximate surface area is 399 Å². The van der Waals surface area contributed by atoms with Gasteiger partial charge in [-0.15, -0.1) is 0 Å². The highest BCUT2D eigenvalue weighted by Crippen LogP contribution is 2.86. The Morgan fingerprint density at radius 1 is 0.544 bits per heavy atom. The molecule has 3 heteroatoms. The highest BCUT2D eigenvalue weighted by Gasteiger charge is 2.78. The summed E-state index contributed by atoms with van der Waals surface area (Å²) in [6, 6.07) is 53.1. The molecule has 0 amide bonds. The van der Waals surface area contributed by atoms with Crippen LogP contribution >= 0.6 is 0 Å². The molecule has 3 heterocycles. The maximum absolute atomic E-state index is 6.80. The molecule has 0 radical (unpaired) electrons. The molecule has 0 N–H and O–H groups in total. The third kappa shape index (κ3) is 3.91. The van der Waals surface area contributed by atoms with Crippen LogP contribution in [0.3, 0.4) is 0 Å². The summed E-state index contributed by atoms with van der Waals surface area (Å²) < 4.78 is 6.80. The molecule has 19 rings (SSSR count). The molecule has 7 aromatic carbocycles. The van der Waals surface area contributed by atoms with Gasteiger partial charge < -0.3 is 9.23 Å². The van der Waals surface area contributed by atoms with Gasteiger partial charge in [-0.3, -0.25) is 0 Å². The molecule has 2 spiro atoms. The van der Waals surface area contributed by atoms with Crippen LogP contribution in [0.5, 0.6) is 0 Å². The first-order chi connectivity index (χ1) is 33.4. The minimum absolute atomic E-state index is 0.0382. The van der Waals surface area contributed by atoms with Crippen molar-refractivity contribution in [1.82, 2.24) is 0 Å². The second-order valence-electron chi connectivity index (χ2n) is 25.2. The predicted octanol–water partition coefficient (Wildman–Crippen LogP) is 14.3. The number of nitrogens with zero attached hydrogens (tertiary/aromatic N) is 1. The van der Waals surface area contributed by atoms with Crippen molar-refractivity contribution >= 4 is 51.1 Å². The largest absolute Gasteiger partial charge is 0.456 e. The second kappa shape index (κ2) is 11.4. The number of rotatable bonds is 4. The molecule has 8 fully saturated rings. The van der Waals surface area contributed by atoms with Gasteiger partial charge in [-0.25, -0.2) is 0 Å². The number of anilines is 2. The first-order valence-corrected chi connectivity index (χ1v) is 26.8. The highest BCUT2D eigenvalue weighted by molar-refractivity contribution is 6.92. The van der Waals surface area contributed by atoms with Gasteiger partial charge in [0.15, 0.2) is 0 Å². The summed E-state index contributed by atoms with van der Waals surface area (Å²) in [5.74, 6) is 6.24. The van der Waals surface area contributed by atoms with Gasteiger partial charge in [0.05, 0.1) is 0 Å². The number of hydrogen-bond acceptors (Lipinski definition) is 2. The number of para-hydroxylation sites is 1. The van der Waals surface area contributed by atoms with E-state index in [9.17, 15) is 0 Å². The van der Waals surface area contributed by atoms with E-state index in [4.69, 9.17) is 4.42 Å². The van der Waals surface area contributed by atoms with Crippen molar-refractivity contribution < 1.29 is 4.42 Å². The Kier molecular flexibility index (Phi) is 6.10. The van der Waals surface area contributed by atoms with Crippen molar-refractivity contribution in [2.75, 3.05) is 4.81 Å². The normalized spacial score (nSPS) is 35.4. The van der Waals surface area contributed by atoms with Crippen LogP contribution in [0, 0.1) is 53.3 Å². The van der Waals surface area contributed by atoms with E-state index in [1.807, 2.05) is 0 Å². The van der Waals surface area contributed by atoms with Gasteiger partial charge in [0.25, 0.3) is 0 Å². The summed E-state index contributed by atoms with van der Waals surface area (Å²) in [7, 11) is 0. The molecule has 11 aliphatic rings. The topological polar surface area (TPSA) is 16.4 Å². The average Bonchev–Trinajstić information content (AvgIpc) is 4.14. The van der Waals surface area contributed by atoms with Crippen LogP contribution in [0.4, 0.5) is 11.4 Å². The standard InChI is InChI=1S/C65H54BNO/c1-35-17-54-50-27-51-48-9-5-6-10-58(48)68-59(51)28-57(50)67(47-15-12-37(13-16-47)36-7-3-2-4-8-36)66-56-26-40(63-31-45-22-42-23-46(32-63)65(42,45)34-63)25-53-49-24-39(62-29-43-20-41-21-44(30-62)64(41,43)33-62)14-11-38(49)19-52(60(53)56)55(18-35)61(54)66/h2-18,24-28,41-46,52H,19-23,29-34H2,1H3. The molecular formula is C65H54BNO. The summed E-state index contributed by atoms with van der Waals surface area (Å²) in [6.07, 6.45) is 15.7. The second-order valence-corrected chi connectivity index (χ2v) is 25.2. The van der Waals surface area contributed by atoms with Gasteiger partial charge >= 0.3 is 6.85 Å². The maximum atomic E-state index is 6.80. The molecule has 9 aliphatic carbocycles. The summed E-state index contributed by atoms with van der Waals surface area (Å²) in [4.78, 5) is 2.78. The lowest BCUT2D eigenvalue weighted by molar-refractivity contribution is -0.175. The lowest BCUT2D eigenvalue weighted by Crippen LogP contribution is -2.63. The highest BCUT2D eigenvalue weighted by atomic mass is 16.3. The van der Waals surface area contributed by atoms with Gasteiger partial charge in [0.2, 0.25) is 0 Å². The van der Waals surface area contributed by atoms with Crippen LogP contribution in [0.2, 0.25) is 0 Å². The van der Waals surface area contributed by atoms with E-state index in [2.05, 4.69) is 145 Å². The van der Waals surface area contributed by atoms with Gasteiger partial charge in [0.1, 0.15) is 11.2 Å². The third-order valence-electron chi connectivity index (χ3n) is 23.1. The van der Waals surface area contributed by atoms with Crippen molar-refractivity contribution in [2.45, 2.75) is 94.3 Å². The quantitative estimate of drug-likeness (QED) is 0.164. The minimum Gasteiger partial charge on any atom is -0.456 e. The Hall–Kier alpha value is -5.80. The molecule has 4 bridgehead atoms. The SMILES string of the molecule is Cc1cc2c3c(c1)C1Cc4ccc(C56CC7CC8CC(C5)C87C6)cc4-c4cc(C56CC7CC8CC(C5)C87C6)cc(c41)B3N(c1ccc(-c3ccccc3)cc1)c1cc3oc4ccccc4c3cc1-2. The summed E-state index contributed by atoms with van der Waals surface area (Å²) in [5, 5.41) is 2.40. The fourth-order valence-electron chi connectivity index (χ4n) is 20.7. The minimum atomic E-state index is 0.0382. The van der Waals surface area contributed by atoms with Crippen molar-refractivity contribution in [3.63, 3.8) is 0 Å².